The van der Waals surface area contributed by atoms with E-state index < -0.39 is 0 Å². The van der Waals surface area contributed by atoms with Gasteiger partial charge in [0.15, 0.2) is 0 Å². The van der Waals surface area contributed by atoms with Crippen molar-refractivity contribution in [1.29, 1.82) is 0 Å². The summed E-state index contributed by atoms with van der Waals surface area (Å²) < 4.78 is 11.0. The van der Waals surface area contributed by atoms with Gasteiger partial charge in [0.05, 0.1) is 16.6 Å². The van der Waals surface area contributed by atoms with Crippen molar-refractivity contribution in [2.75, 3.05) is 7.11 Å². The molecule has 0 spiro atoms. The zero-order valence-corrected chi connectivity index (χ0v) is 11.1. The number of aromatic nitrogens is 1. The number of ether oxygens (including phenoxy) is 1. The van der Waals surface area contributed by atoms with Gasteiger partial charge in [0.2, 0.25) is 0 Å². The van der Waals surface area contributed by atoms with Crippen LogP contribution in [0.3, 0.4) is 0 Å². The Labute approximate surface area is 106 Å². The predicted molar refractivity (Wildman–Crippen MR) is 65.9 cm³/mol. The highest BCUT2D eigenvalue weighted by atomic mass is 79.9. The van der Waals surface area contributed by atoms with Gasteiger partial charge in [-0.1, -0.05) is 16.8 Å². The van der Waals surface area contributed by atoms with E-state index in [2.05, 4.69) is 21.1 Å². The Balaban J connectivity index is 2.49. The van der Waals surface area contributed by atoms with Crippen molar-refractivity contribution >= 4 is 27.5 Å². The average Bonchev–Trinajstić information content (AvgIpc) is 2.60. The molecule has 0 aliphatic carbocycles. The minimum Gasteiger partial charge on any atom is -0.495 e. The molecule has 0 atom stereocenters. The Morgan fingerprint density at radius 3 is 2.69 bits per heavy atom. The zero-order chi connectivity index (χ0) is 11.7. The molecule has 84 valence electrons. The lowest BCUT2D eigenvalue weighted by molar-refractivity contribution is 0.399. The summed E-state index contributed by atoms with van der Waals surface area (Å²) in [5, 5.41) is 4.51. The largest absolute Gasteiger partial charge is 0.495 e. The van der Waals surface area contributed by atoms with Crippen LogP contribution in [0.25, 0.3) is 11.3 Å². The third-order valence-electron chi connectivity index (χ3n) is 2.22. The number of hydrogen-bond donors (Lipinski definition) is 0. The standard InChI is InChI=1S/C11H9BrClNO2/c1-6-10(12)11(14-16-6)7-3-4-9(15-2)8(13)5-7/h3-5H,1-2H3. The van der Waals surface area contributed by atoms with E-state index >= 15 is 0 Å². The third kappa shape index (κ3) is 1.95. The fraction of sp³-hybridized carbons (Fsp3) is 0.182. The van der Waals surface area contributed by atoms with Crippen LogP contribution < -0.4 is 4.74 Å². The fourth-order valence-electron chi connectivity index (χ4n) is 1.35. The van der Waals surface area contributed by atoms with Gasteiger partial charge in [-0.2, -0.15) is 0 Å². The Bertz CT molecular complexity index is 525. The first kappa shape index (κ1) is 11.5. The maximum Gasteiger partial charge on any atom is 0.148 e. The van der Waals surface area contributed by atoms with Crippen LogP contribution in [0, 0.1) is 6.92 Å². The zero-order valence-electron chi connectivity index (χ0n) is 8.75. The Morgan fingerprint density at radius 1 is 1.44 bits per heavy atom. The van der Waals surface area contributed by atoms with Crippen molar-refractivity contribution in [3.05, 3.63) is 33.5 Å². The second-order valence-electron chi connectivity index (χ2n) is 3.25. The molecular formula is C11H9BrClNO2. The van der Waals surface area contributed by atoms with Crippen molar-refractivity contribution in [1.82, 2.24) is 5.16 Å². The summed E-state index contributed by atoms with van der Waals surface area (Å²) in [6.07, 6.45) is 0. The molecule has 1 aromatic heterocycles. The molecule has 0 saturated carbocycles. The van der Waals surface area contributed by atoms with Crippen LogP contribution in [0.4, 0.5) is 0 Å². The van der Waals surface area contributed by atoms with E-state index in [1.54, 1.807) is 19.2 Å². The second kappa shape index (κ2) is 4.47. The summed E-state index contributed by atoms with van der Waals surface area (Å²) >= 11 is 9.46. The minimum atomic E-state index is 0.549. The molecule has 0 aliphatic rings. The van der Waals surface area contributed by atoms with E-state index in [9.17, 15) is 0 Å². The monoisotopic (exact) mass is 301 g/mol. The molecule has 1 aromatic carbocycles. The molecule has 0 aliphatic heterocycles. The molecule has 0 N–H and O–H groups in total. The van der Waals surface area contributed by atoms with Crippen LogP contribution in [-0.4, -0.2) is 12.3 Å². The number of halogens is 2. The van der Waals surface area contributed by atoms with Gasteiger partial charge in [-0.05, 0) is 41.1 Å². The van der Waals surface area contributed by atoms with E-state index in [4.69, 9.17) is 20.9 Å². The van der Waals surface area contributed by atoms with Crippen LogP contribution in [0.5, 0.6) is 5.75 Å². The second-order valence-corrected chi connectivity index (χ2v) is 4.45. The molecule has 0 amide bonds. The topological polar surface area (TPSA) is 35.3 Å². The van der Waals surface area contributed by atoms with Gasteiger partial charge in [-0.25, -0.2) is 0 Å². The highest BCUT2D eigenvalue weighted by Crippen LogP contribution is 2.34. The van der Waals surface area contributed by atoms with E-state index in [1.807, 2.05) is 13.0 Å². The molecule has 0 radical (unpaired) electrons. The maximum atomic E-state index is 6.04. The van der Waals surface area contributed by atoms with E-state index in [-0.39, 0.29) is 0 Å². The molecule has 16 heavy (non-hydrogen) atoms. The first-order valence-electron chi connectivity index (χ1n) is 4.59. The summed E-state index contributed by atoms with van der Waals surface area (Å²) in [6.45, 7) is 1.84. The van der Waals surface area contributed by atoms with Crippen LogP contribution in [-0.2, 0) is 0 Å². The SMILES string of the molecule is COc1ccc(-c2noc(C)c2Br)cc1Cl. The van der Waals surface area contributed by atoms with Crippen molar-refractivity contribution in [3.8, 4) is 17.0 Å². The number of methoxy groups -OCH3 is 1. The third-order valence-corrected chi connectivity index (χ3v) is 3.45. The fourth-order valence-corrected chi connectivity index (χ4v) is 1.99. The Hall–Kier alpha value is -1.000. The molecule has 2 rings (SSSR count). The highest BCUT2D eigenvalue weighted by Gasteiger charge is 2.13. The first-order chi connectivity index (χ1) is 7.63. The molecule has 5 heteroatoms. The smallest absolute Gasteiger partial charge is 0.148 e. The molecule has 2 aromatic rings. The number of benzene rings is 1. The van der Waals surface area contributed by atoms with Crippen LogP contribution in [0.2, 0.25) is 5.02 Å². The summed E-state index contributed by atoms with van der Waals surface area (Å²) in [4.78, 5) is 0. The van der Waals surface area contributed by atoms with Crippen molar-refractivity contribution in [2.24, 2.45) is 0 Å². The van der Waals surface area contributed by atoms with Gasteiger partial charge in [-0.15, -0.1) is 0 Å². The predicted octanol–water partition coefficient (Wildman–Crippen LogP) is 4.07. The van der Waals surface area contributed by atoms with Gasteiger partial charge in [0, 0.05) is 5.56 Å². The van der Waals surface area contributed by atoms with Crippen LogP contribution in [0.1, 0.15) is 5.76 Å². The maximum absolute atomic E-state index is 6.04. The summed E-state index contributed by atoms with van der Waals surface area (Å²) in [6, 6.07) is 5.48. The Kier molecular flexibility index (Phi) is 3.21. The minimum absolute atomic E-state index is 0.549. The van der Waals surface area contributed by atoms with Gasteiger partial charge < -0.3 is 9.26 Å². The van der Waals surface area contributed by atoms with Crippen molar-refractivity contribution < 1.29 is 9.26 Å². The average molecular weight is 303 g/mol. The Morgan fingerprint density at radius 2 is 2.19 bits per heavy atom. The number of aryl methyl sites for hydroxylation is 1. The molecule has 0 bridgehead atoms. The van der Waals surface area contributed by atoms with Gasteiger partial charge in [-0.3, -0.25) is 0 Å². The van der Waals surface area contributed by atoms with Crippen LogP contribution in [0.15, 0.2) is 27.2 Å². The number of rotatable bonds is 2. The lowest BCUT2D eigenvalue weighted by atomic mass is 10.1. The lowest BCUT2D eigenvalue weighted by Gasteiger charge is -2.04. The van der Waals surface area contributed by atoms with E-state index in [0.29, 0.717) is 10.8 Å². The van der Waals surface area contributed by atoms with Gasteiger partial charge in [0.25, 0.3) is 0 Å². The highest BCUT2D eigenvalue weighted by molar-refractivity contribution is 9.10. The summed E-state index contributed by atoms with van der Waals surface area (Å²) in [7, 11) is 1.58. The van der Waals surface area contributed by atoms with E-state index in [1.165, 1.54) is 0 Å². The lowest BCUT2D eigenvalue weighted by Crippen LogP contribution is -1.85. The van der Waals surface area contributed by atoms with Gasteiger partial charge in [0.1, 0.15) is 17.2 Å². The molecule has 0 saturated heterocycles. The normalized spacial score (nSPS) is 10.5. The van der Waals surface area contributed by atoms with Crippen molar-refractivity contribution in [3.63, 3.8) is 0 Å². The summed E-state index contributed by atoms with van der Waals surface area (Å²) in [5.41, 5.74) is 1.62. The number of nitrogens with zero attached hydrogens (tertiary/aromatic N) is 1. The summed E-state index contributed by atoms with van der Waals surface area (Å²) in [5.74, 6) is 1.38. The quantitative estimate of drug-likeness (QED) is 0.838. The molecule has 0 unspecified atom stereocenters. The molecular weight excluding hydrogens is 293 g/mol. The molecule has 3 nitrogen and oxygen atoms in total. The molecule has 1 heterocycles. The van der Waals surface area contributed by atoms with Gasteiger partial charge >= 0.3 is 0 Å². The van der Waals surface area contributed by atoms with Crippen molar-refractivity contribution in [2.45, 2.75) is 6.92 Å². The first-order valence-corrected chi connectivity index (χ1v) is 5.76. The van der Waals surface area contributed by atoms with Crippen LogP contribution >= 0.6 is 27.5 Å². The number of hydrogen-bond acceptors (Lipinski definition) is 3. The van der Waals surface area contributed by atoms with E-state index in [0.717, 1.165) is 21.5 Å². The molecule has 0 fully saturated rings.